The maximum atomic E-state index is 6.28. The standard InChI is InChI=1S/C16H24ClNO/c1-3-12(4-2)11-19-16-13(6-5-7-15(16)17)10-18-14-8-9-14/h5-7,12,14,18H,3-4,8-11H2,1-2H3. The van der Waals surface area contributed by atoms with Gasteiger partial charge in [-0.1, -0.05) is 50.4 Å². The van der Waals surface area contributed by atoms with Gasteiger partial charge in [-0.2, -0.15) is 0 Å². The summed E-state index contributed by atoms with van der Waals surface area (Å²) < 4.78 is 5.99. The summed E-state index contributed by atoms with van der Waals surface area (Å²) in [4.78, 5) is 0. The summed E-state index contributed by atoms with van der Waals surface area (Å²) in [5, 5.41) is 4.24. The van der Waals surface area contributed by atoms with Crippen LogP contribution in [0, 0.1) is 5.92 Å². The first kappa shape index (κ1) is 14.7. The van der Waals surface area contributed by atoms with Gasteiger partial charge in [0.15, 0.2) is 0 Å². The summed E-state index contributed by atoms with van der Waals surface area (Å²) in [6, 6.07) is 6.70. The van der Waals surface area contributed by atoms with Crippen LogP contribution in [0.1, 0.15) is 45.1 Å². The van der Waals surface area contributed by atoms with Crippen LogP contribution in [0.5, 0.6) is 5.75 Å². The molecule has 0 amide bonds. The van der Waals surface area contributed by atoms with E-state index in [1.54, 1.807) is 0 Å². The summed E-state index contributed by atoms with van der Waals surface area (Å²) in [6.07, 6.45) is 4.89. The highest BCUT2D eigenvalue weighted by molar-refractivity contribution is 6.32. The molecule has 1 aromatic carbocycles. The number of hydrogen-bond donors (Lipinski definition) is 1. The SMILES string of the molecule is CCC(CC)COc1c(Cl)cccc1CNC1CC1. The van der Waals surface area contributed by atoms with Gasteiger partial charge < -0.3 is 10.1 Å². The maximum Gasteiger partial charge on any atom is 0.142 e. The highest BCUT2D eigenvalue weighted by Crippen LogP contribution is 2.30. The van der Waals surface area contributed by atoms with E-state index in [4.69, 9.17) is 16.3 Å². The van der Waals surface area contributed by atoms with E-state index in [9.17, 15) is 0 Å². The molecular formula is C16H24ClNO. The molecule has 106 valence electrons. The minimum Gasteiger partial charge on any atom is -0.491 e. The second kappa shape index (κ2) is 7.16. The number of benzene rings is 1. The van der Waals surface area contributed by atoms with Crippen LogP contribution in [0.2, 0.25) is 5.02 Å². The minimum atomic E-state index is 0.612. The maximum absolute atomic E-state index is 6.28. The van der Waals surface area contributed by atoms with Gasteiger partial charge in [0.25, 0.3) is 0 Å². The topological polar surface area (TPSA) is 21.3 Å². The zero-order valence-electron chi connectivity index (χ0n) is 11.9. The quantitative estimate of drug-likeness (QED) is 0.762. The monoisotopic (exact) mass is 281 g/mol. The van der Waals surface area contributed by atoms with Gasteiger partial charge in [0.2, 0.25) is 0 Å². The zero-order chi connectivity index (χ0) is 13.7. The molecule has 2 rings (SSSR count). The van der Waals surface area contributed by atoms with Crippen LogP contribution >= 0.6 is 11.6 Å². The van der Waals surface area contributed by atoms with Crippen molar-refractivity contribution in [3.63, 3.8) is 0 Å². The second-order valence-corrected chi connectivity index (χ2v) is 5.78. The summed E-state index contributed by atoms with van der Waals surface area (Å²) in [5.41, 5.74) is 1.17. The first-order valence-corrected chi connectivity index (χ1v) is 7.75. The summed E-state index contributed by atoms with van der Waals surface area (Å²) in [6.45, 7) is 6.02. The molecule has 0 radical (unpaired) electrons. The van der Waals surface area contributed by atoms with Crippen LogP contribution in [0.15, 0.2) is 18.2 Å². The van der Waals surface area contributed by atoms with Crippen LogP contribution in [-0.4, -0.2) is 12.6 Å². The molecule has 0 heterocycles. The average Bonchev–Trinajstić information content (AvgIpc) is 3.23. The number of rotatable bonds is 8. The third-order valence-electron chi connectivity index (χ3n) is 3.83. The molecule has 1 fully saturated rings. The Labute approximate surface area is 121 Å². The van der Waals surface area contributed by atoms with Gasteiger partial charge in [0.05, 0.1) is 11.6 Å². The van der Waals surface area contributed by atoms with Gasteiger partial charge in [0, 0.05) is 18.2 Å². The lowest BCUT2D eigenvalue weighted by Gasteiger charge is -2.17. The Morgan fingerprint density at radius 3 is 2.68 bits per heavy atom. The Hall–Kier alpha value is -0.730. The lowest BCUT2D eigenvalue weighted by atomic mass is 10.1. The van der Waals surface area contributed by atoms with Crippen molar-refractivity contribution in [2.75, 3.05) is 6.61 Å². The van der Waals surface area contributed by atoms with Crippen molar-refractivity contribution in [2.24, 2.45) is 5.92 Å². The van der Waals surface area contributed by atoms with Crippen LogP contribution < -0.4 is 10.1 Å². The molecule has 1 aliphatic carbocycles. The van der Waals surface area contributed by atoms with E-state index in [-0.39, 0.29) is 0 Å². The molecule has 0 aromatic heterocycles. The van der Waals surface area contributed by atoms with Crippen molar-refractivity contribution in [1.82, 2.24) is 5.32 Å². The Morgan fingerprint density at radius 1 is 1.32 bits per heavy atom. The van der Waals surface area contributed by atoms with Gasteiger partial charge in [-0.3, -0.25) is 0 Å². The highest BCUT2D eigenvalue weighted by Gasteiger charge is 2.21. The summed E-state index contributed by atoms with van der Waals surface area (Å²) >= 11 is 6.28. The average molecular weight is 282 g/mol. The molecule has 1 aromatic rings. The fraction of sp³-hybridized carbons (Fsp3) is 0.625. The Balaban J connectivity index is 1.99. The lowest BCUT2D eigenvalue weighted by molar-refractivity contribution is 0.238. The molecule has 0 spiro atoms. The molecule has 2 nitrogen and oxygen atoms in total. The Bertz CT molecular complexity index is 400. The first-order chi connectivity index (χ1) is 9.24. The predicted molar refractivity (Wildman–Crippen MR) is 80.9 cm³/mol. The van der Waals surface area contributed by atoms with Gasteiger partial charge in [-0.05, 0) is 24.8 Å². The Morgan fingerprint density at radius 2 is 2.05 bits per heavy atom. The van der Waals surface area contributed by atoms with E-state index >= 15 is 0 Å². The van der Waals surface area contributed by atoms with E-state index in [0.29, 0.717) is 12.0 Å². The molecule has 0 unspecified atom stereocenters. The first-order valence-electron chi connectivity index (χ1n) is 7.38. The number of ether oxygens (including phenoxy) is 1. The molecule has 0 atom stereocenters. The lowest BCUT2D eigenvalue weighted by Crippen LogP contribution is -2.17. The number of para-hydroxylation sites is 1. The fourth-order valence-corrected chi connectivity index (χ4v) is 2.37. The largest absolute Gasteiger partial charge is 0.491 e. The third kappa shape index (κ3) is 4.39. The summed E-state index contributed by atoms with van der Waals surface area (Å²) in [5.74, 6) is 1.48. The smallest absolute Gasteiger partial charge is 0.142 e. The minimum absolute atomic E-state index is 0.612. The van der Waals surface area contributed by atoms with Gasteiger partial charge >= 0.3 is 0 Å². The highest BCUT2D eigenvalue weighted by atomic mass is 35.5. The molecule has 1 N–H and O–H groups in total. The van der Waals surface area contributed by atoms with Crippen molar-refractivity contribution >= 4 is 11.6 Å². The van der Waals surface area contributed by atoms with Crippen LogP contribution in [-0.2, 0) is 6.54 Å². The third-order valence-corrected chi connectivity index (χ3v) is 4.12. The van der Waals surface area contributed by atoms with Crippen molar-refractivity contribution in [2.45, 2.75) is 52.1 Å². The van der Waals surface area contributed by atoms with E-state index < -0.39 is 0 Å². The van der Waals surface area contributed by atoms with Gasteiger partial charge in [0.1, 0.15) is 5.75 Å². The van der Waals surface area contributed by atoms with E-state index in [2.05, 4.69) is 25.2 Å². The molecule has 3 heteroatoms. The predicted octanol–water partition coefficient (Wildman–Crippen LogP) is 4.41. The number of halogens is 1. The van der Waals surface area contributed by atoms with Crippen molar-refractivity contribution in [3.8, 4) is 5.75 Å². The van der Waals surface area contributed by atoms with Crippen molar-refractivity contribution in [3.05, 3.63) is 28.8 Å². The van der Waals surface area contributed by atoms with E-state index in [1.807, 2.05) is 12.1 Å². The molecular weight excluding hydrogens is 258 g/mol. The normalized spacial score (nSPS) is 14.9. The molecule has 1 aliphatic rings. The number of nitrogens with one attached hydrogen (secondary N) is 1. The van der Waals surface area contributed by atoms with Gasteiger partial charge in [-0.25, -0.2) is 0 Å². The van der Waals surface area contributed by atoms with Gasteiger partial charge in [-0.15, -0.1) is 0 Å². The van der Waals surface area contributed by atoms with Crippen LogP contribution in [0.3, 0.4) is 0 Å². The molecule has 0 aliphatic heterocycles. The van der Waals surface area contributed by atoms with E-state index in [1.165, 1.54) is 18.4 Å². The zero-order valence-corrected chi connectivity index (χ0v) is 12.7. The molecule has 0 saturated heterocycles. The van der Waals surface area contributed by atoms with Crippen LogP contribution in [0.25, 0.3) is 0 Å². The number of hydrogen-bond acceptors (Lipinski definition) is 2. The second-order valence-electron chi connectivity index (χ2n) is 5.38. The summed E-state index contributed by atoms with van der Waals surface area (Å²) in [7, 11) is 0. The van der Waals surface area contributed by atoms with Crippen molar-refractivity contribution in [1.29, 1.82) is 0 Å². The fourth-order valence-electron chi connectivity index (χ4n) is 2.12. The molecule has 1 saturated carbocycles. The van der Waals surface area contributed by atoms with E-state index in [0.717, 1.165) is 36.8 Å². The molecule has 19 heavy (non-hydrogen) atoms. The Kier molecular flexibility index (Phi) is 5.53. The van der Waals surface area contributed by atoms with Crippen LogP contribution in [0.4, 0.5) is 0 Å². The molecule has 0 bridgehead atoms. The van der Waals surface area contributed by atoms with Crippen molar-refractivity contribution < 1.29 is 4.74 Å².